The molecule has 0 fully saturated rings. The molecule has 3 rings (SSSR count). The van der Waals surface area contributed by atoms with Crippen molar-refractivity contribution in [2.75, 3.05) is 10.6 Å². The van der Waals surface area contributed by atoms with Crippen LogP contribution >= 0.6 is 0 Å². The number of carbonyl (C=O) groups is 2. The smallest absolute Gasteiger partial charge is 0.257 e. The van der Waals surface area contributed by atoms with Crippen molar-refractivity contribution < 1.29 is 14.0 Å². The molecule has 6 heteroatoms. The van der Waals surface area contributed by atoms with Crippen LogP contribution in [-0.2, 0) is 6.54 Å². The van der Waals surface area contributed by atoms with E-state index in [1.54, 1.807) is 42.8 Å². The summed E-state index contributed by atoms with van der Waals surface area (Å²) in [4.78, 5) is 27.9. The molecule has 0 unspecified atom stereocenters. The predicted molar refractivity (Wildman–Crippen MR) is 94.7 cm³/mol. The molecular weight excluding hydrogens is 318 g/mol. The molecule has 2 heterocycles. The molecule has 0 spiro atoms. The van der Waals surface area contributed by atoms with Crippen molar-refractivity contribution in [2.45, 2.75) is 13.5 Å². The average Bonchev–Trinajstić information content (AvgIpc) is 3.14. The molecule has 0 bridgehead atoms. The number of carbonyl (C=O) groups excluding carboxylic acids is 2. The van der Waals surface area contributed by atoms with Crippen LogP contribution in [0.4, 0.5) is 11.4 Å². The number of nitrogens with one attached hydrogen (secondary N) is 2. The summed E-state index contributed by atoms with van der Waals surface area (Å²) < 4.78 is 5.25. The van der Waals surface area contributed by atoms with E-state index in [9.17, 15) is 9.59 Å². The molecule has 0 atom stereocenters. The molecule has 1 aromatic carbocycles. The lowest BCUT2D eigenvalue weighted by atomic mass is 10.1. The second-order valence-electron chi connectivity index (χ2n) is 5.49. The van der Waals surface area contributed by atoms with Gasteiger partial charge >= 0.3 is 0 Å². The van der Waals surface area contributed by atoms with Gasteiger partial charge in [-0.15, -0.1) is 0 Å². The number of hydrogen-bond acceptors (Lipinski definition) is 5. The third-order valence-corrected chi connectivity index (χ3v) is 3.57. The molecular formula is C19H17N3O3. The van der Waals surface area contributed by atoms with Gasteiger partial charge in [0.2, 0.25) is 0 Å². The first kappa shape index (κ1) is 16.4. The van der Waals surface area contributed by atoms with Gasteiger partial charge in [-0.05, 0) is 37.3 Å². The van der Waals surface area contributed by atoms with Crippen molar-refractivity contribution in [1.82, 2.24) is 4.98 Å². The van der Waals surface area contributed by atoms with Gasteiger partial charge in [0.25, 0.3) is 5.91 Å². The van der Waals surface area contributed by atoms with Crippen LogP contribution in [0.5, 0.6) is 0 Å². The van der Waals surface area contributed by atoms with Crippen LogP contribution < -0.4 is 10.6 Å². The van der Waals surface area contributed by atoms with Gasteiger partial charge in [-0.1, -0.05) is 12.1 Å². The lowest BCUT2D eigenvalue weighted by Crippen LogP contribution is -2.13. The summed E-state index contributed by atoms with van der Waals surface area (Å²) in [5.41, 5.74) is 2.23. The molecule has 0 radical (unpaired) electrons. The fraction of sp³-hybridized carbons (Fsp3) is 0.105. The lowest BCUT2D eigenvalue weighted by molar-refractivity contribution is 0.101. The molecule has 0 saturated heterocycles. The van der Waals surface area contributed by atoms with Gasteiger partial charge in [-0.2, -0.15) is 0 Å². The highest BCUT2D eigenvalue weighted by atomic mass is 16.3. The maximum atomic E-state index is 12.4. The standard InChI is InChI=1S/C19H17N3O3/c1-13(23)14-4-2-5-16(8-14)22-19(24)15-9-17(11-20-10-15)21-12-18-6-3-7-25-18/h2-11,21H,12H2,1H3,(H,22,24). The van der Waals surface area contributed by atoms with Crippen LogP contribution in [0.1, 0.15) is 33.4 Å². The van der Waals surface area contributed by atoms with E-state index in [-0.39, 0.29) is 11.7 Å². The van der Waals surface area contributed by atoms with E-state index >= 15 is 0 Å². The summed E-state index contributed by atoms with van der Waals surface area (Å²) >= 11 is 0. The van der Waals surface area contributed by atoms with Gasteiger partial charge in [-0.25, -0.2) is 0 Å². The predicted octanol–water partition coefficient (Wildman–Crippen LogP) is 3.74. The summed E-state index contributed by atoms with van der Waals surface area (Å²) in [6.07, 6.45) is 4.73. The fourth-order valence-electron chi connectivity index (χ4n) is 2.28. The molecule has 0 saturated carbocycles. The summed E-state index contributed by atoms with van der Waals surface area (Å²) in [6, 6.07) is 12.2. The zero-order valence-electron chi connectivity index (χ0n) is 13.7. The second kappa shape index (κ2) is 7.44. The van der Waals surface area contributed by atoms with E-state index in [1.165, 1.54) is 13.1 Å². The van der Waals surface area contributed by atoms with E-state index in [2.05, 4.69) is 15.6 Å². The second-order valence-corrected chi connectivity index (χ2v) is 5.49. The van der Waals surface area contributed by atoms with Gasteiger partial charge in [0.1, 0.15) is 5.76 Å². The maximum absolute atomic E-state index is 12.4. The van der Waals surface area contributed by atoms with Crippen molar-refractivity contribution in [1.29, 1.82) is 0 Å². The van der Waals surface area contributed by atoms with Crippen molar-refractivity contribution >= 4 is 23.1 Å². The van der Waals surface area contributed by atoms with E-state index in [0.29, 0.717) is 29.0 Å². The molecule has 3 aromatic rings. The lowest BCUT2D eigenvalue weighted by Gasteiger charge is -2.08. The fourth-order valence-corrected chi connectivity index (χ4v) is 2.28. The summed E-state index contributed by atoms with van der Waals surface area (Å²) in [7, 11) is 0. The number of anilines is 2. The topological polar surface area (TPSA) is 84.2 Å². The van der Waals surface area contributed by atoms with Crippen LogP contribution in [0.15, 0.2) is 65.5 Å². The molecule has 0 aliphatic rings. The average molecular weight is 335 g/mol. The Balaban J connectivity index is 1.68. The number of pyridine rings is 1. The van der Waals surface area contributed by atoms with Crippen molar-refractivity contribution in [2.24, 2.45) is 0 Å². The summed E-state index contributed by atoms with van der Waals surface area (Å²) in [5.74, 6) is 0.438. The van der Waals surface area contributed by atoms with Crippen molar-refractivity contribution in [3.63, 3.8) is 0 Å². The first-order valence-electron chi connectivity index (χ1n) is 7.75. The highest BCUT2D eigenvalue weighted by Gasteiger charge is 2.09. The Morgan fingerprint density at radius 1 is 1.04 bits per heavy atom. The SMILES string of the molecule is CC(=O)c1cccc(NC(=O)c2cncc(NCc3ccco3)c2)c1. The Kier molecular flexibility index (Phi) is 4.89. The normalized spacial score (nSPS) is 10.3. The third-order valence-electron chi connectivity index (χ3n) is 3.57. The van der Waals surface area contributed by atoms with Crippen molar-refractivity contribution in [3.05, 3.63) is 78.0 Å². The van der Waals surface area contributed by atoms with Gasteiger partial charge in [0.05, 0.1) is 24.1 Å². The van der Waals surface area contributed by atoms with E-state index in [0.717, 1.165) is 5.76 Å². The van der Waals surface area contributed by atoms with Crippen LogP contribution in [0.3, 0.4) is 0 Å². The number of furan rings is 1. The number of nitrogens with zero attached hydrogens (tertiary/aromatic N) is 1. The minimum atomic E-state index is -0.296. The molecule has 2 aromatic heterocycles. The molecule has 0 aliphatic heterocycles. The molecule has 25 heavy (non-hydrogen) atoms. The zero-order valence-corrected chi connectivity index (χ0v) is 13.7. The van der Waals surface area contributed by atoms with E-state index in [4.69, 9.17) is 4.42 Å². The van der Waals surface area contributed by atoms with Gasteiger partial charge in [-0.3, -0.25) is 14.6 Å². The largest absolute Gasteiger partial charge is 0.467 e. The van der Waals surface area contributed by atoms with Crippen LogP contribution in [-0.4, -0.2) is 16.7 Å². The minimum Gasteiger partial charge on any atom is -0.467 e. The number of ketones is 1. The summed E-state index contributed by atoms with van der Waals surface area (Å²) in [6.45, 7) is 1.99. The number of benzene rings is 1. The van der Waals surface area contributed by atoms with Crippen LogP contribution in [0.25, 0.3) is 0 Å². The van der Waals surface area contributed by atoms with Crippen LogP contribution in [0.2, 0.25) is 0 Å². The highest BCUT2D eigenvalue weighted by molar-refractivity contribution is 6.05. The number of Topliss-reactive ketones (excluding diaryl/α,β-unsaturated/α-hetero) is 1. The van der Waals surface area contributed by atoms with Gasteiger partial charge < -0.3 is 15.1 Å². The molecule has 6 nitrogen and oxygen atoms in total. The van der Waals surface area contributed by atoms with E-state index in [1.807, 2.05) is 12.1 Å². The quantitative estimate of drug-likeness (QED) is 0.670. The number of amides is 1. The molecule has 0 aliphatic carbocycles. The molecule has 126 valence electrons. The molecule has 2 N–H and O–H groups in total. The van der Waals surface area contributed by atoms with Crippen molar-refractivity contribution in [3.8, 4) is 0 Å². The Morgan fingerprint density at radius 2 is 1.88 bits per heavy atom. The van der Waals surface area contributed by atoms with Gasteiger partial charge in [0, 0.05) is 23.6 Å². The Hall–Kier alpha value is -3.41. The number of aromatic nitrogens is 1. The maximum Gasteiger partial charge on any atom is 0.257 e. The Labute approximate surface area is 144 Å². The van der Waals surface area contributed by atoms with Gasteiger partial charge in [0.15, 0.2) is 5.78 Å². The number of rotatable bonds is 6. The first-order chi connectivity index (χ1) is 12.1. The zero-order chi connectivity index (χ0) is 17.6. The first-order valence-corrected chi connectivity index (χ1v) is 7.75. The molecule has 1 amide bonds. The number of hydrogen-bond donors (Lipinski definition) is 2. The summed E-state index contributed by atoms with van der Waals surface area (Å²) in [5, 5.41) is 5.92. The Morgan fingerprint density at radius 3 is 2.64 bits per heavy atom. The van der Waals surface area contributed by atoms with E-state index < -0.39 is 0 Å². The monoisotopic (exact) mass is 335 g/mol. The highest BCUT2D eigenvalue weighted by Crippen LogP contribution is 2.15. The minimum absolute atomic E-state index is 0.0538. The third kappa shape index (κ3) is 4.32. The Bertz CT molecular complexity index is 888. The van der Waals surface area contributed by atoms with Crippen LogP contribution in [0, 0.1) is 0 Å².